The van der Waals surface area contributed by atoms with Crippen LogP contribution in [0.5, 0.6) is 11.6 Å². The molecule has 33 heavy (non-hydrogen) atoms. The van der Waals surface area contributed by atoms with E-state index < -0.39 is 17.7 Å². The molecule has 0 atom stereocenters. The molecule has 13 heteroatoms. The smallest absolute Gasteiger partial charge is 0.486 e. The number of halogens is 3. The second kappa shape index (κ2) is 13.0. The summed E-state index contributed by atoms with van der Waals surface area (Å²) in [5.74, 6) is -1.81. The van der Waals surface area contributed by atoms with Crippen molar-refractivity contribution in [3.05, 3.63) is 18.3 Å². The number of carbonyl (C=O) groups is 2. The molecule has 1 aliphatic heterocycles. The van der Waals surface area contributed by atoms with E-state index in [1.165, 1.54) is 0 Å². The normalized spacial score (nSPS) is 14.7. The Morgan fingerprint density at radius 3 is 2.21 bits per heavy atom. The van der Waals surface area contributed by atoms with Crippen molar-refractivity contribution in [1.82, 2.24) is 14.8 Å². The first-order valence-corrected chi connectivity index (χ1v) is 10.2. The molecule has 1 saturated heterocycles. The van der Waals surface area contributed by atoms with E-state index in [1.807, 2.05) is 20.8 Å². The van der Waals surface area contributed by atoms with Gasteiger partial charge in [-0.05, 0) is 32.9 Å². The molecule has 1 aromatic rings. The van der Waals surface area contributed by atoms with Crippen LogP contribution in [0.25, 0.3) is 0 Å². The van der Waals surface area contributed by atoms with Crippen LogP contribution in [0.3, 0.4) is 0 Å². The van der Waals surface area contributed by atoms with Crippen LogP contribution in [-0.4, -0.2) is 101 Å². The van der Waals surface area contributed by atoms with Crippen LogP contribution in [-0.2, 0) is 9.53 Å². The van der Waals surface area contributed by atoms with Gasteiger partial charge in [0, 0.05) is 38.9 Å². The summed E-state index contributed by atoms with van der Waals surface area (Å²) in [7, 11) is 0. The summed E-state index contributed by atoms with van der Waals surface area (Å²) in [5.41, 5.74) is -0.472. The Hall–Kier alpha value is -2.80. The van der Waals surface area contributed by atoms with Crippen LogP contribution < -0.4 is 9.47 Å². The van der Waals surface area contributed by atoms with E-state index >= 15 is 0 Å². The van der Waals surface area contributed by atoms with Crippen molar-refractivity contribution >= 4 is 12.1 Å². The number of pyridine rings is 1. The molecule has 2 rings (SSSR count). The van der Waals surface area contributed by atoms with E-state index in [1.54, 1.807) is 23.2 Å². The first kappa shape index (κ1) is 28.2. The van der Waals surface area contributed by atoms with Gasteiger partial charge in [-0.25, -0.2) is 14.6 Å². The van der Waals surface area contributed by atoms with Crippen molar-refractivity contribution in [2.45, 2.75) is 32.5 Å². The zero-order valence-corrected chi connectivity index (χ0v) is 18.8. The summed E-state index contributed by atoms with van der Waals surface area (Å²) in [6, 6.07) is 3.52. The van der Waals surface area contributed by atoms with Gasteiger partial charge in [0.15, 0.2) is 5.75 Å². The molecule has 0 aromatic carbocycles. The Labute approximate surface area is 189 Å². The number of carboxylic acids is 1. The molecule has 0 radical (unpaired) electrons. The van der Waals surface area contributed by atoms with Crippen LogP contribution in [0.2, 0.25) is 0 Å². The number of rotatable bonds is 7. The molecular weight excluding hydrogens is 451 g/mol. The summed E-state index contributed by atoms with van der Waals surface area (Å²) >= 11 is 0. The fourth-order valence-electron chi connectivity index (χ4n) is 2.50. The molecule has 2 heterocycles. The number of aliphatic hydroxyl groups is 1. The first-order valence-electron chi connectivity index (χ1n) is 10.2. The zero-order valence-electron chi connectivity index (χ0n) is 18.8. The predicted molar refractivity (Wildman–Crippen MR) is 110 cm³/mol. The van der Waals surface area contributed by atoms with E-state index in [9.17, 15) is 18.0 Å². The number of alkyl halides is 3. The van der Waals surface area contributed by atoms with Gasteiger partial charge < -0.3 is 29.3 Å². The van der Waals surface area contributed by atoms with Crippen molar-refractivity contribution in [3.63, 3.8) is 0 Å². The number of aliphatic carboxylic acids is 1. The molecule has 0 aliphatic carbocycles. The lowest BCUT2D eigenvalue weighted by molar-refractivity contribution is -0.192. The van der Waals surface area contributed by atoms with Crippen LogP contribution in [0.4, 0.5) is 18.0 Å². The summed E-state index contributed by atoms with van der Waals surface area (Å²) in [5, 5.41) is 16.0. The Kier molecular flexibility index (Phi) is 11.2. The lowest BCUT2D eigenvalue weighted by atomic mass is 10.2. The van der Waals surface area contributed by atoms with Crippen molar-refractivity contribution in [3.8, 4) is 11.6 Å². The predicted octanol–water partition coefficient (Wildman–Crippen LogP) is 2.02. The molecule has 1 aromatic heterocycles. The number of carbonyl (C=O) groups excluding carboxylic acids is 1. The molecule has 0 spiro atoms. The molecule has 0 saturated carbocycles. The number of ether oxygens (including phenoxy) is 3. The number of aromatic nitrogens is 1. The maximum Gasteiger partial charge on any atom is 0.490 e. The van der Waals surface area contributed by atoms with Gasteiger partial charge in [0.1, 0.15) is 18.8 Å². The molecule has 0 unspecified atom stereocenters. The van der Waals surface area contributed by atoms with Crippen molar-refractivity contribution in [2.24, 2.45) is 0 Å². The van der Waals surface area contributed by atoms with Crippen molar-refractivity contribution in [2.75, 3.05) is 52.5 Å². The number of amides is 1. The minimum absolute atomic E-state index is 0.0593. The number of aliphatic hydroxyl groups excluding tert-OH is 1. The van der Waals surface area contributed by atoms with Crippen LogP contribution in [0.1, 0.15) is 20.8 Å². The third-order valence-electron chi connectivity index (χ3n) is 4.00. The average Bonchev–Trinajstić information content (AvgIpc) is 2.72. The molecule has 188 valence electrons. The molecular formula is C20H30F3N3O7. The highest BCUT2D eigenvalue weighted by Crippen LogP contribution is 2.23. The second-order valence-electron chi connectivity index (χ2n) is 7.84. The van der Waals surface area contributed by atoms with Gasteiger partial charge in [-0.2, -0.15) is 13.2 Å². The summed E-state index contributed by atoms with van der Waals surface area (Å²) < 4.78 is 48.2. The lowest BCUT2D eigenvalue weighted by Crippen LogP contribution is -2.50. The van der Waals surface area contributed by atoms with Gasteiger partial charge in [0.05, 0.1) is 6.61 Å². The zero-order chi connectivity index (χ0) is 25.1. The Morgan fingerprint density at radius 1 is 1.09 bits per heavy atom. The van der Waals surface area contributed by atoms with Crippen LogP contribution in [0.15, 0.2) is 18.3 Å². The highest BCUT2D eigenvalue weighted by atomic mass is 19.4. The molecule has 2 N–H and O–H groups in total. The maximum absolute atomic E-state index is 12.1. The van der Waals surface area contributed by atoms with E-state index in [2.05, 4.69) is 9.88 Å². The van der Waals surface area contributed by atoms with Crippen molar-refractivity contribution in [1.29, 1.82) is 0 Å². The number of nitrogens with zero attached hydrogens (tertiary/aromatic N) is 3. The standard InChI is InChI=1S/C18H29N3O5.C2HF3O2/c1-18(2,3)26-17(23)21-9-7-20(8-10-21)11-13-25-16-15(24-14-12-22)5-4-6-19-16;3-2(4,5)1(6)7/h4-6,22H,7-14H2,1-3H3;(H,6,7). The van der Waals surface area contributed by atoms with Gasteiger partial charge in [-0.1, -0.05) is 0 Å². The van der Waals surface area contributed by atoms with Crippen LogP contribution in [0, 0.1) is 0 Å². The third kappa shape index (κ3) is 11.6. The highest BCUT2D eigenvalue weighted by molar-refractivity contribution is 5.73. The van der Waals surface area contributed by atoms with E-state index in [-0.39, 0.29) is 19.3 Å². The fraction of sp³-hybridized carbons (Fsp3) is 0.650. The van der Waals surface area contributed by atoms with Gasteiger partial charge in [-0.15, -0.1) is 0 Å². The van der Waals surface area contributed by atoms with Crippen LogP contribution >= 0.6 is 0 Å². The maximum atomic E-state index is 12.1. The molecule has 1 fully saturated rings. The van der Waals surface area contributed by atoms with Gasteiger partial charge in [0.25, 0.3) is 5.88 Å². The minimum atomic E-state index is -5.08. The molecule has 1 amide bonds. The summed E-state index contributed by atoms with van der Waals surface area (Å²) in [6.07, 6.45) is -3.70. The van der Waals surface area contributed by atoms with Gasteiger partial charge in [0.2, 0.25) is 0 Å². The van der Waals surface area contributed by atoms with E-state index in [4.69, 9.17) is 29.2 Å². The number of hydrogen-bond acceptors (Lipinski definition) is 8. The monoisotopic (exact) mass is 481 g/mol. The summed E-state index contributed by atoms with van der Waals surface area (Å²) in [6.45, 7) is 9.80. The van der Waals surface area contributed by atoms with E-state index in [0.29, 0.717) is 31.3 Å². The molecule has 10 nitrogen and oxygen atoms in total. The lowest BCUT2D eigenvalue weighted by Gasteiger charge is -2.35. The Balaban J connectivity index is 0.000000675. The molecule has 0 bridgehead atoms. The first-order chi connectivity index (χ1) is 15.3. The molecule has 1 aliphatic rings. The topological polar surface area (TPSA) is 122 Å². The minimum Gasteiger partial charge on any atom is -0.486 e. The Bertz CT molecular complexity index is 749. The third-order valence-corrected chi connectivity index (χ3v) is 4.00. The van der Waals surface area contributed by atoms with Gasteiger partial charge >= 0.3 is 18.2 Å². The quantitative estimate of drug-likeness (QED) is 0.602. The Morgan fingerprint density at radius 2 is 1.70 bits per heavy atom. The summed E-state index contributed by atoms with van der Waals surface area (Å²) in [4.78, 5) is 29.1. The van der Waals surface area contributed by atoms with Crippen molar-refractivity contribution < 1.29 is 47.2 Å². The number of piperazine rings is 1. The SMILES string of the molecule is CC(C)(C)OC(=O)N1CCN(CCOc2ncccc2OCCO)CC1.O=C(O)C(F)(F)F. The highest BCUT2D eigenvalue weighted by Gasteiger charge is 2.38. The average molecular weight is 481 g/mol. The van der Waals surface area contributed by atoms with E-state index in [0.717, 1.165) is 19.6 Å². The fourth-order valence-corrected chi connectivity index (χ4v) is 2.50. The number of hydrogen-bond donors (Lipinski definition) is 2. The number of carboxylic acid groups (broad SMARTS) is 1. The van der Waals surface area contributed by atoms with Gasteiger partial charge in [-0.3, -0.25) is 4.90 Å². The largest absolute Gasteiger partial charge is 0.490 e. The second-order valence-corrected chi connectivity index (χ2v) is 7.84.